The Morgan fingerprint density at radius 1 is 0.375 bits per heavy atom. The van der Waals surface area contributed by atoms with Gasteiger partial charge in [0, 0.05) is 44.5 Å². The normalized spacial score (nSPS) is 11.9. The predicted molar refractivity (Wildman–Crippen MR) is 228 cm³/mol. The summed E-state index contributed by atoms with van der Waals surface area (Å²) in [5, 5.41) is 3.41. The van der Waals surface area contributed by atoms with E-state index in [0.29, 0.717) is 17.5 Å². The molecule has 0 aliphatic carbocycles. The molecular weight excluding hydrogens is 685 g/mol. The number of furan rings is 1. The van der Waals surface area contributed by atoms with Crippen molar-refractivity contribution in [2.45, 2.75) is 0 Å². The molecule has 262 valence electrons. The van der Waals surface area contributed by atoms with E-state index in [-0.39, 0.29) is 0 Å². The zero-order valence-electron chi connectivity index (χ0n) is 30.2. The van der Waals surface area contributed by atoms with E-state index in [0.717, 1.165) is 83.7 Å². The summed E-state index contributed by atoms with van der Waals surface area (Å²) in [6.07, 6.45) is 0. The molecule has 0 saturated carbocycles. The van der Waals surface area contributed by atoms with Gasteiger partial charge in [-0.25, -0.2) is 15.0 Å². The van der Waals surface area contributed by atoms with Crippen LogP contribution in [-0.2, 0) is 0 Å². The summed E-state index contributed by atoms with van der Waals surface area (Å²) in [7, 11) is 0. The third-order valence-corrected chi connectivity index (χ3v) is 10.6. The highest BCUT2D eigenvalue weighted by atomic mass is 16.3. The van der Waals surface area contributed by atoms with Crippen molar-refractivity contribution in [3.63, 3.8) is 0 Å². The summed E-state index contributed by atoms with van der Waals surface area (Å²) in [4.78, 5) is 17.3. The second-order valence-electron chi connectivity index (χ2n) is 14.0. The van der Waals surface area contributed by atoms with Gasteiger partial charge in [-0.3, -0.25) is 0 Å². The molecule has 1 aliphatic heterocycles. The summed E-state index contributed by atoms with van der Waals surface area (Å²) < 4.78 is 6.82. The second kappa shape index (κ2) is 13.0. The van der Waals surface area contributed by atoms with Crippen molar-refractivity contribution in [1.29, 1.82) is 0 Å². The van der Waals surface area contributed by atoms with Gasteiger partial charge in [-0.1, -0.05) is 158 Å². The van der Waals surface area contributed by atoms with Gasteiger partial charge in [0.25, 0.3) is 0 Å². The Bertz CT molecular complexity index is 3040. The van der Waals surface area contributed by atoms with Crippen LogP contribution >= 0.6 is 0 Å². The van der Waals surface area contributed by atoms with E-state index < -0.39 is 0 Å². The number of hydrogen-bond acceptors (Lipinski definition) is 5. The van der Waals surface area contributed by atoms with Crippen LogP contribution in [0.15, 0.2) is 199 Å². The Labute approximate surface area is 323 Å². The van der Waals surface area contributed by atoms with E-state index in [1.54, 1.807) is 0 Å². The van der Waals surface area contributed by atoms with E-state index in [1.807, 2.05) is 66.7 Å². The molecule has 0 bridgehead atoms. The lowest BCUT2D eigenvalue weighted by molar-refractivity contribution is 0.633. The Balaban J connectivity index is 1.08. The highest BCUT2D eigenvalue weighted by Gasteiger charge is 2.31. The molecule has 0 fully saturated rings. The maximum absolute atomic E-state index is 6.82. The van der Waals surface area contributed by atoms with Gasteiger partial charge in [0.05, 0.1) is 11.4 Å². The first-order valence-electron chi connectivity index (χ1n) is 18.8. The summed E-state index contributed by atoms with van der Waals surface area (Å²) >= 11 is 0. The standard InChI is InChI=1S/C51H32N4O/c1-3-16-34(17-4-1)49-52-50(35-18-5-2-6-19-35)54-51(53-49)38-22-13-20-36(31-38)37-21-14-23-39(32-37)55-43-27-11-9-25-41(43)46-42-26-10-12-28-45(42)56-48(46)47-40-24-8-7-15-33(40)29-30-44(47)55/h1-32H. The molecule has 56 heavy (non-hydrogen) atoms. The summed E-state index contributed by atoms with van der Waals surface area (Å²) in [5.41, 5.74) is 12.3. The highest BCUT2D eigenvalue weighted by Crippen LogP contribution is 2.55. The molecule has 0 radical (unpaired) electrons. The lowest BCUT2D eigenvalue weighted by Crippen LogP contribution is -2.11. The fourth-order valence-corrected chi connectivity index (χ4v) is 8.06. The summed E-state index contributed by atoms with van der Waals surface area (Å²) in [5.74, 6) is 2.79. The first kappa shape index (κ1) is 31.9. The number of hydrogen-bond donors (Lipinski definition) is 0. The lowest BCUT2D eigenvalue weighted by Gasteiger charge is -2.28. The van der Waals surface area contributed by atoms with Gasteiger partial charge in [0.2, 0.25) is 0 Å². The first-order valence-corrected chi connectivity index (χ1v) is 18.8. The molecule has 5 nitrogen and oxygen atoms in total. The molecule has 0 saturated heterocycles. The zero-order valence-corrected chi connectivity index (χ0v) is 30.2. The molecule has 2 aromatic heterocycles. The molecule has 5 heteroatoms. The number of anilines is 3. The van der Waals surface area contributed by atoms with Crippen molar-refractivity contribution in [1.82, 2.24) is 15.0 Å². The smallest absolute Gasteiger partial charge is 0.164 e. The Kier molecular flexibility index (Phi) is 7.42. The average Bonchev–Trinajstić information content (AvgIpc) is 3.60. The molecule has 0 amide bonds. The van der Waals surface area contributed by atoms with Crippen LogP contribution in [0.3, 0.4) is 0 Å². The van der Waals surface area contributed by atoms with E-state index >= 15 is 0 Å². The van der Waals surface area contributed by atoms with Crippen molar-refractivity contribution in [3.05, 3.63) is 194 Å². The Morgan fingerprint density at radius 2 is 0.946 bits per heavy atom. The minimum Gasteiger partial charge on any atom is -0.455 e. The van der Waals surface area contributed by atoms with E-state index in [2.05, 4.69) is 132 Å². The highest BCUT2D eigenvalue weighted by molar-refractivity contribution is 6.15. The molecular formula is C51H32N4O. The molecule has 11 rings (SSSR count). The number of nitrogens with zero attached hydrogens (tertiary/aromatic N) is 4. The molecule has 0 spiro atoms. The summed E-state index contributed by atoms with van der Waals surface area (Å²) in [6.45, 7) is 0. The summed E-state index contributed by atoms with van der Waals surface area (Å²) in [6, 6.07) is 67.5. The molecule has 0 N–H and O–H groups in total. The largest absolute Gasteiger partial charge is 0.455 e. The second-order valence-corrected chi connectivity index (χ2v) is 14.0. The van der Waals surface area contributed by atoms with Crippen molar-refractivity contribution in [3.8, 4) is 67.7 Å². The van der Waals surface area contributed by atoms with E-state index in [1.165, 1.54) is 5.39 Å². The number of rotatable bonds is 5. The minimum atomic E-state index is 0.624. The van der Waals surface area contributed by atoms with Gasteiger partial charge in [-0.05, 0) is 58.3 Å². The van der Waals surface area contributed by atoms with Crippen molar-refractivity contribution in [2.24, 2.45) is 0 Å². The van der Waals surface area contributed by atoms with Gasteiger partial charge in [-0.15, -0.1) is 0 Å². The van der Waals surface area contributed by atoms with Crippen molar-refractivity contribution < 1.29 is 4.42 Å². The number of aromatic nitrogens is 3. The SMILES string of the molecule is c1ccc(-c2nc(-c3ccccc3)nc(-c3cccc(-c4cccc(N5c6ccccc6-c6c(oc7ccccc67)-c6c5ccc5ccccc65)c4)c3)n2)cc1. The van der Waals surface area contributed by atoms with E-state index in [9.17, 15) is 0 Å². The van der Waals surface area contributed by atoms with Crippen LogP contribution in [0, 0.1) is 0 Å². The molecule has 1 aliphatic rings. The van der Waals surface area contributed by atoms with Crippen LogP contribution in [0.5, 0.6) is 0 Å². The van der Waals surface area contributed by atoms with Crippen LogP contribution < -0.4 is 4.90 Å². The van der Waals surface area contributed by atoms with Gasteiger partial charge < -0.3 is 9.32 Å². The van der Waals surface area contributed by atoms with Gasteiger partial charge in [0.1, 0.15) is 11.3 Å². The number of fused-ring (bicyclic) bond motifs is 9. The monoisotopic (exact) mass is 716 g/mol. The van der Waals surface area contributed by atoms with Crippen LogP contribution in [0.4, 0.5) is 17.1 Å². The van der Waals surface area contributed by atoms with Crippen LogP contribution in [0.1, 0.15) is 0 Å². The number of benzene rings is 8. The van der Waals surface area contributed by atoms with E-state index in [4.69, 9.17) is 19.4 Å². The maximum atomic E-state index is 6.82. The fourth-order valence-electron chi connectivity index (χ4n) is 8.06. The molecule has 0 atom stereocenters. The minimum absolute atomic E-state index is 0.624. The Hall–Kier alpha value is -7.63. The molecule has 10 aromatic rings. The van der Waals surface area contributed by atoms with Crippen LogP contribution in [0.2, 0.25) is 0 Å². The quantitative estimate of drug-likeness (QED) is 0.177. The van der Waals surface area contributed by atoms with Crippen LogP contribution in [-0.4, -0.2) is 15.0 Å². The van der Waals surface area contributed by atoms with Gasteiger partial charge in [-0.2, -0.15) is 0 Å². The lowest BCUT2D eigenvalue weighted by atomic mass is 9.95. The average molecular weight is 717 g/mol. The van der Waals surface area contributed by atoms with Gasteiger partial charge >= 0.3 is 0 Å². The molecule has 3 heterocycles. The predicted octanol–water partition coefficient (Wildman–Crippen LogP) is 13.6. The molecule has 8 aromatic carbocycles. The molecule has 0 unspecified atom stereocenters. The first-order chi connectivity index (χ1) is 27.8. The maximum Gasteiger partial charge on any atom is 0.164 e. The topological polar surface area (TPSA) is 55.1 Å². The Morgan fingerprint density at radius 3 is 1.71 bits per heavy atom. The third kappa shape index (κ3) is 5.29. The van der Waals surface area contributed by atoms with Crippen molar-refractivity contribution in [2.75, 3.05) is 4.90 Å². The fraction of sp³-hybridized carbons (Fsp3) is 0. The number of para-hydroxylation sites is 2. The third-order valence-electron chi connectivity index (χ3n) is 10.6. The van der Waals surface area contributed by atoms with Crippen LogP contribution in [0.25, 0.3) is 89.5 Å². The van der Waals surface area contributed by atoms with Gasteiger partial charge in [0.15, 0.2) is 17.5 Å². The zero-order chi connectivity index (χ0) is 37.0. The van der Waals surface area contributed by atoms with Crippen molar-refractivity contribution >= 4 is 38.8 Å².